The van der Waals surface area contributed by atoms with Gasteiger partial charge in [0.2, 0.25) is 0 Å². The summed E-state index contributed by atoms with van der Waals surface area (Å²) >= 11 is 0. The van der Waals surface area contributed by atoms with Crippen LogP contribution in [0.5, 0.6) is 0 Å². The number of ether oxygens (including phenoxy) is 8. The molecule has 17 nitrogen and oxygen atoms in total. The molecule has 0 spiro atoms. The zero-order valence-electron chi connectivity index (χ0n) is 91.0. The second-order valence-corrected chi connectivity index (χ2v) is 47.1. The van der Waals surface area contributed by atoms with Crippen LogP contribution in [0.25, 0.3) is 10.8 Å². The van der Waals surface area contributed by atoms with Crippen LogP contribution in [-0.2, 0) is 92.1 Å². The van der Waals surface area contributed by atoms with Crippen LogP contribution in [0.3, 0.4) is 0 Å². The van der Waals surface area contributed by atoms with Crippen molar-refractivity contribution in [2.75, 3.05) is 0 Å². The van der Waals surface area contributed by atoms with Crippen molar-refractivity contribution in [3.05, 3.63) is 193 Å². The van der Waals surface area contributed by atoms with Gasteiger partial charge in [0.15, 0.2) is 5.78 Å². The summed E-state index contributed by atoms with van der Waals surface area (Å²) in [6.45, 7) is 76.2. The molecule has 0 aliphatic heterocycles. The maximum Gasteiger partial charge on any atom is 0.333 e. The lowest BCUT2D eigenvalue weighted by atomic mass is 9.46. The van der Waals surface area contributed by atoms with E-state index in [0.717, 1.165) is 122 Å². The molecule has 0 heterocycles. The summed E-state index contributed by atoms with van der Waals surface area (Å²) in [6, 6.07) is 24.0. The summed E-state index contributed by atoms with van der Waals surface area (Å²) in [4.78, 5) is 105. The van der Waals surface area contributed by atoms with Crippen LogP contribution >= 0.6 is 0 Å². The maximum absolute atomic E-state index is 12.2. The smallest absolute Gasteiger partial charge is 0.333 e. The number of rotatable bonds is 24. The minimum Gasteiger partial charge on any atom is -0.457 e. The van der Waals surface area contributed by atoms with Gasteiger partial charge in [-0.2, -0.15) is 0 Å². The standard InChI is InChI=1S/C17H26O2.C17H18O.C16H24O2.C15H22O2.C14H24O2.C13H16O2.C12H20O2.C11H18O2.C8H14O2/c1-11(2)15(18)19-16(3,4)17-8-12-5-13(9-17)7-14(6-12)10-17;1-12(2)16(18)17(3,4)15-10-9-13-7-5-6-8-14(13)11-15;1-4-16(18-15(17)10(2)3)13-6-11-5-12(8-13)9-14(16)7-11;1-9(2)14(16)17-15(3)12-5-10-4-11(7-12)8-13(15)6-10;1-4-14(16-13(15)12(2)3)10-8-6-5-7-9-11-14;1-10(2)12(14)15-13(3,4)11-8-6-5-7-9-11;1-4-12(8-6-5-7-9-12)14-11(13)10(2)3;1-4-11(7-5-6-8-11)13-10(12)9(2)3;1-6(2)7(9)10-8(3,4)5/h12-14H,1,5-10H2,2-4H3;5-11H,1H2,2-4H3;11-14H,2,4-9H2,1,3H3;10-13H,1,4-8H2,2-3H3;2,4-11H2,1,3H3;5-9H,1H2,2-4H3;2,4-9H2,1,3H3;2,4-8H2,1,3H3;1H2,2-5H3. The predicted molar refractivity (Wildman–Crippen MR) is 566 cm³/mol. The topological polar surface area (TPSA) is 227 Å². The van der Waals surface area contributed by atoms with E-state index in [4.69, 9.17) is 37.9 Å². The van der Waals surface area contributed by atoms with Crippen LogP contribution in [-0.4, -0.2) is 92.7 Å². The molecule has 0 saturated heterocycles. The molecule has 3 aromatic rings. The predicted octanol–water partition coefficient (Wildman–Crippen LogP) is 30.4. The molecular formula is C123H182O17. The molecule has 15 fully saturated rings. The van der Waals surface area contributed by atoms with E-state index in [1.165, 1.54) is 172 Å². The Morgan fingerprint density at radius 3 is 0.943 bits per heavy atom. The first-order valence-corrected chi connectivity index (χ1v) is 53.2. The van der Waals surface area contributed by atoms with Gasteiger partial charge in [0, 0.05) is 50.0 Å². The van der Waals surface area contributed by atoms with Gasteiger partial charge in [0.05, 0.1) is 5.41 Å². The molecule has 15 aliphatic carbocycles. The third-order valence-electron chi connectivity index (χ3n) is 32.9. The zero-order chi connectivity index (χ0) is 105. The summed E-state index contributed by atoms with van der Waals surface area (Å²) < 4.78 is 44.7. The van der Waals surface area contributed by atoms with Crippen molar-refractivity contribution in [1.29, 1.82) is 0 Å². The van der Waals surface area contributed by atoms with Gasteiger partial charge in [0.25, 0.3) is 0 Å². The fourth-order valence-corrected chi connectivity index (χ4v) is 24.9. The highest BCUT2D eigenvalue weighted by atomic mass is 16.6. The molecule has 0 atom stereocenters. The number of hydrogen-bond donors (Lipinski definition) is 0. The van der Waals surface area contributed by atoms with E-state index in [1.807, 2.05) is 97.0 Å². The number of carbonyl (C=O) groups excluding carboxylic acids is 9. The van der Waals surface area contributed by atoms with Gasteiger partial charge in [-0.15, -0.1) is 0 Å². The fraction of sp³-hybridized carbons (Fsp3) is 0.650. The molecular weight excluding hydrogens is 1750 g/mol. The third-order valence-corrected chi connectivity index (χ3v) is 32.9. The number of ketones is 1. The number of benzene rings is 3. The number of Topliss-reactive ketones (excluding diaryl/α,β-unsaturated/α-hetero) is 1. The Hall–Kier alpha value is -8.99. The minimum atomic E-state index is -0.614. The molecule has 776 valence electrons. The Morgan fingerprint density at radius 1 is 0.307 bits per heavy atom. The van der Waals surface area contributed by atoms with Crippen molar-refractivity contribution in [2.24, 2.45) is 70.5 Å². The molecule has 17 heteroatoms. The molecule has 15 saturated carbocycles. The van der Waals surface area contributed by atoms with Gasteiger partial charge in [-0.25, -0.2) is 38.4 Å². The van der Waals surface area contributed by atoms with E-state index in [2.05, 4.69) is 132 Å². The van der Waals surface area contributed by atoms with E-state index in [0.29, 0.717) is 73.8 Å². The average molecular weight is 1930 g/mol. The molecule has 3 aromatic carbocycles. The number of fused-ring (bicyclic) bond motifs is 1. The van der Waals surface area contributed by atoms with Crippen molar-refractivity contribution in [3.63, 3.8) is 0 Å². The van der Waals surface area contributed by atoms with E-state index >= 15 is 0 Å². The van der Waals surface area contributed by atoms with E-state index < -0.39 is 16.6 Å². The quantitative estimate of drug-likeness (QED) is 0.0461. The van der Waals surface area contributed by atoms with Crippen LogP contribution in [0, 0.1) is 70.5 Å². The van der Waals surface area contributed by atoms with Crippen molar-refractivity contribution in [1.82, 2.24) is 0 Å². The summed E-state index contributed by atoms with van der Waals surface area (Å²) in [6.07, 6.45) is 43.2. The summed E-state index contributed by atoms with van der Waals surface area (Å²) in [5.41, 5.74) is 3.96. The highest BCUT2D eigenvalue weighted by molar-refractivity contribution is 6.03. The van der Waals surface area contributed by atoms with Crippen molar-refractivity contribution >= 4 is 64.3 Å². The van der Waals surface area contributed by atoms with Gasteiger partial charge < -0.3 is 37.9 Å². The largest absolute Gasteiger partial charge is 0.457 e. The second kappa shape index (κ2) is 51.0. The minimum absolute atomic E-state index is 0.0952. The second-order valence-electron chi connectivity index (χ2n) is 47.1. The van der Waals surface area contributed by atoms with Gasteiger partial charge in [-0.3, -0.25) is 4.79 Å². The highest BCUT2D eigenvalue weighted by Gasteiger charge is 2.61. The molecule has 0 N–H and O–H groups in total. The van der Waals surface area contributed by atoms with Crippen molar-refractivity contribution in [2.45, 2.75) is 441 Å². The Kier molecular flexibility index (Phi) is 43.0. The molecule has 15 aliphatic rings. The SMILES string of the molecule is C=C(C)C(=O)C(C)(C)c1ccc2ccccc2c1.C=C(C)C(=O)OC(C)(C)C.C=C(C)C(=O)OC(C)(C)C12CC3CC(CC(C3)C1)C2.C=C(C)C(=O)OC(C)(C)c1ccccc1.C=C(C)C(=O)OC1(C)C2CC3CC(C2)CC1C3.C=C(C)C(=O)OC1(CC)C2CC3CC(C2)CC1C3.C=C(C)C(=O)OC1(CC)CCCC1.C=C(C)C(=O)OC1(CC)CCCCC1.C=C(C)C(=O)OC1(CC)CCCCCCC1. The van der Waals surface area contributed by atoms with Crippen LogP contribution in [0.2, 0.25) is 0 Å². The first-order chi connectivity index (χ1) is 65.3. The first-order valence-electron chi connectivity index (χ1n) is 53.2. The van der Waals surface area contributed by atoms with Gasteiger partial charge >= 0.3 is 47.8 Å². The lowest BCUT2D eigenvalue weighted by Gasteiger charge is -2.61. The monoisotopic (exact) mass is 1930 g/mol. The van der Waals surface area contributed by atoms with Gasteiger partial charge in [-0.1, -0.05) is 185 Å². The molecule has 140 heavy (non-hydrogen) atoms. The number of hydrogen-bond acceptors (Lipinski definition) is 17. The Balaban J connectivity index is 0.000000215. The average Bonchev–Trinajstić information content (AvgIpc) is 0.859. The molecule has 0 aromatic heterocycles. The number of allylic oxidation sites excluding steroid dienone is 1. The van der Waals surface area contributed by atoms with Crippen LogP contribution < -0.4 is 0 Å². The fourth-order valence-electron chi connectivity index (χ4n) is 24.9. The van der Waals surface area contributed by atoms with Crippen LogP contribution in [0.1, 0.15) is 402 Å². The zero-order valence-corrected chi connectivity index (χ0v) is 91.0. The summed E-state index contributed by atoms with van der Waals surface area (Å²) in [5, 5.41) is 2.36. The normalized spacial score (nSPS) is 26.6. The first kappa shape index (κ1) is 118. The third kappa shape index (κ3) is 32.3. The summed E-state index contributed by atoms with van der Waals surface area (Å²) in [5.74, 6) is 6.86. The lowest BCUT2D eigenvalue weighted by Crippen LogP contribution is -2.59. The lowest BCUT2D eigenvalue weighted by molar-refractivity contribution is -0.207. The number of esters is 8. The molecule has 12 bridgehead atoms. The summed E-state index contributed by atoms with van der Waals surface area (Å²) in [7, 11) is 0. The van der Waals surface area contributed by atoms with Gasteiger partial charge in [-0.05, 0) is 430 Å². The molecule has 18 rings (SSSR count). The Morgan fingerprint density at radius 2 is 0.607 bits per heavy atom. The molecule has 0 radical (unpaired) electrons. The Labute approximate surface area is 844 Å². The van der Waals surface area contributed by atoms with Crippen molar-refractivity contribution < 1.29 is 81.0 Å². The van der Waals surface area contributed by atoms with Crippen LogP contribution in [0.15, 0.2) is 182 Å². The number of carbonyl (C=O) groups is 9. The van der Waals surface area contributed by atoms with Gasteiger partial charge in [0.1, 0.15) is 44.8 Å². The maximum atomic E-state index is 12.2. The van der Waals surface area contributed by atoms with E-state index in [9.17, 15) is 43.2 Å². The molecule has 0 amide bonds. The van der Waals surface area contributed by atoms with E-state index in [1.54, 1.807) is 62.3 Å². The molecule has 0 unspecified atom stereocenters. The van der Waals surface area contributed by atoms with Crippen molar-refractivity contribution in [3.8, 4) is 0 Å². The Bertz CT molecular complexity index is 4770. The van der Waals surface area contributed by atoms with Crippen LogP contribution in [0.4, 0.5) is 0 Å². The van der Waals surface area contributed by atoms with E-state index in [-0.39, 0.29) is 92.6 Å². The highest BCUT2D eigenvalue weighted by Crippen LogP contribution is 2.66.